The highest BCUT2D eigenvalue weighted by Gasteiger charge is 2.16. The van der Waals surface area contributed by atoms with Gasteiger partial charge in [0.05, 0.1) is 7.11 Å². The Morgan fingerprint density at radius 2 is 1.94 bits per heavy atom. The Morgan fingerprint density at radius 3 is 2.50 bits per heavy atom. The summed E-state index contributed by atoms with van der Waals surface area (Å²) < 4.78 is 5.29. The van der Waals surface area contributed by atoms with Crippen LogP contribution in [0.25, 0.3) is 0 Å². The zero-order chi connectivity index (χ0) is 12.2. The van der Waals surface area contributed by atoms with Crippen LogP contribution in [0.2, 0.25) is 0 Å². The van der Waals surface area contributed by atoms with E-state index in [2.05, 4.69) is 0 Å². The third kappa shape index (κ3) is 3.83. The minimum atomic E-state index is -0.167. The van der Waals surface area contributed by atoms with Crippen LogP contribution in [0.3, 0.4) is 0 Å². The van der Waals surface area contributed by atoms with E-state index in [0.717, 1.165) is 24.2 Å². The lowest BCUT2D eigenvalue weighted by molar-refractivity contribution is 0.394. The van der Waals surface area contributed by atoms with Crippen molar-refractivity contribution in [3.05, 3.63) is 29.8 Å². The predicted molar refractivity (Wildman–Crippen MR) is 67.4 cm³/mol. The molecule has 0 heterocycles. The molecule has 1 atom stereocenters. The van der Waals surface area contributed by atoms with Crippen LogP contribution in [-0.2, 0) is 0 Å². The molecule has 0 aromatic heterocycles. The van der Waals surface area contributed by atoms with Crippen molar-refractivity contribution in [2.24, 2.45) is 11.5 Å². The van der Waals surface area contributed by atoms with Crippen molar-refractivity contribution in [1.29, 1.82) is 0 Å². The molecule has 1 aromatic rings. The number of hydrogen-bond donors (Lipinski definition) is 2. The molecule has 3 heteroatoms. The Morgan fingerprint density at radius 1 is 1.31 bits per heavy atom. The van der Waals surface area contributed by atoms with Crippen molar-refractivity contribution in [1.82, 2.24) is 0 Å². The van der Waals surface area contributed by atoms with Crippen molar-refractivity contribution < 1.29 is 4.74 Å². The largest absolute Gasteiger partial charge is 0.496 e. The quantitative estimate of drug-likeness (QED) is 0.803. The molecule has 0 aliphatic rings. The van der Waals surface area contributed by atoms with Crippen LogP contribution in [0.15, 0.2) is 24.3 Å². The van der Waals surface area contributed by atoms with Gasteiger partial charge < -0.3 is 16.2 Å². The fourth-order valence-corrected chi connectivity index (χ4v) is 1.66. The molecule has 16 heavy (non-hydrogen) atoms. The first kappa shape index (κ1) is 13.0. The predicted octanol–water partition coefficient (Wildman–Crippen LogP) is 2.21. The van der Waals surface area contributed by atoms with Gasteiger partial charge in [0.15, 0.2) is 0 Å². The smallest absolute Gasteiger partial charge is 0.123 e. The Kier molecular flexibility index (Phi) is 4.33. The van der Waals surface area contributed by atoms with Gasteiger partial charge in [-0.05, 0) is 32.8 Å². The average Bonchev–Trinajstić information content (AvgIpc) is 2.25. The molecular formula is C13H22N2O. The summed E-state index contributed by atoms with van der Waals surface area (Å²) in [6, 6.07) is 7.85. The molecule has 0 spiro atoms. The van der Waals surface area contributed by atoms with Crippen molar-refractivity contribution >= 4 is 0 Å². The molecule has 1 rings (SSSR count). The van der Waals surface area contributed by atoms with Crippen LogP contribution in [0, 0.1) is 0 Å². The molecule has 0 aliphatic carbocycles. The highest BCUT2D eigenvalue weighted by molar-refractivity contribution is 5.35. The average molecular weight is 222 g/mol. The first-order valence-electron chi connectivity index (χ1n) is 5.61. The van der Waals surface area contributed by atoms with Crippen molar-refractivity contribution in [3.63, 3.8) is 0 Å². The maximum atomic E-state index is 6.14. The number of hydrogen-bond acceptors (Lipinski definition) is 3. The monoisotopic (exact) mass is 222 g/mol. The number of rotatable bonds is 5. The third-order valence-corrected chi connectivity index (χ3v) is 2.64. The highest BCUT2D eigenvalue weighted by Crippen LogP contribution is 2.27. The number of ether oxygens (including phenoxy) is 1. The molecule has 0 saturated carbocycles. The van der Waals surface area contributed by atoms with Crippen molar-refractivity contribution in [3.8, 4) is 5.75 Å². The first-order valence-corrected chi connectivity index (χ1v) is 5.61. The van der Waals surface area contributed by atoms with E-state index in [-0.39, 0.29) is 11.6 Å². The summed E-state index contributed by atoms with van der Waals surface area (Å²) in [5.41, 5.74) is 13.0. The summed E-state index contributed by atoms with van der Waals surface area (Å²) in [5, 5.41) is 0. The van der Waals surface area contributed by atoms with Crippen LogP contribution in [0.5, 0.6) is 5.75 Å². The van der Waals surface area contributed by atoms with Gasteiger partial charge in [0.25, 0.3) is 0 Å². The van der Waals surface area contributed by atoms with Gasteiger partial charge in [0.1, 0.15) is 5.75 Å². The molecule has 0 radical (unpaired) electrons. The normalized spacial score (nSPS) is 13.6. The SMILES string of the molecule is COc1ccccc1C(N)CCC(C)(C)N. The minimum absolute atomic E-state index is 0.0148. The minimum Gasteiger partial charge on any atom is -0.496 e. The van der Waals surface area contributed by atoms with Crippen LogP contribution < -0.4 is 16.2 Å². The second-order valence-corrected chi connectivity index (χ2v) is 4.88. The molecule has 0 amide bonds. The van der Waals surface area contributed by atoms with Gasteiger partial charge >= 0.3 is 0 Å². The van der Waals surface area contributed by atoms with Crippen molar-refractivity contribution in [2.75, 3.05) is 7.11 Å². The first-order chi connectivity index (χ1) is 7.44. The summed E-state index contributed by atoms with van der Waals surface area (Å²) in [4.78, 5) is 0. The number of para-hydroxylation sites is 1. The number of nitrogens with two attached hydrogens (primary N) is 2. The van der Waals surface area contributed by atoms with Crippen LogP contribution in [0.1, 0.15) is 38.3 Å². The maximum absolute atomic E-state index is 6.14. The van der Waals surface area contributed by atoms with Crippen LogP contribution in [0.4, 0.5) is 0 Å². The fraction of sp³-hybridized carbons (Fsp3) is 0.538. The lowest BCUT2D eigenvalue weighted by Gasteiger charge is -2.22. The van der Waals surface area contributed by atoms with E-state index in [0.29, 0.717) is 0 Å². The second kappa shape index (κ2) is 5.32. The van der Waals surface area contributed by atoms with E-state index in [1.165, 1.54) is 0 Å². The molecule has 0 bridgehead atoms. The zero-order valence-electron chi connectivity index (χ0n) is 10.4. The highest BCUT2D eigenvalue weighted by atomic mass is 16.5. The molecule has 0 aliphatic heterocycles. The van der Waals surface area contributed by atoms with Gasteiger partial charge in [-0.2, -0.15) is 0 Å². The van der Waals surface area contributed by atoms with E-state index in [9.17, 15) is 0 Å². The van der Waals surface area contributed by atoms with Crippen LogP contribution >= 0.6 is 0 Å². The summed E-state index contributed by atoms with van der Waals surface area (Å²) in [7, 11) is 1.67. The molecule has 0 fully saturated rings. The lowest BCUT2D eigenvalue weighted by atomic mass is 9.93. The summed E-state index contributed by atoms with van der Waals surface area (Å²) in [5.74, 6) is 0.852. The number of methoxy groups -OCH3 is 1. The van der Waals surface area contributed by atoms with Gasteiger partial charge in [-0.3, -0.25) is 0 Å². The zero-order valence-corrected chi connectivity index (χ0v) is 10.4. The van der Waals surface area contributed by atoms with E-state index in [1.54, 1.807) is 7.11 Å². The van der Waals surface area contributed by atoms with Gasteiger partial charge in [-0.1, -0.05) is 18.2 Å². The molecule has 1 unspecified atom stereocenters. The Balaban J connectivity index is 2.69. The molecule has 4 N–H and O–H groups in total. The fourth-order valence-electron chi connectivity index (χ4n) is 1.66. The van der Waals surface area contributed by atoms with Gasteiger partial charge in [-0.15, -0.1) is 0 Å². The van der Waals surface area contributed by atoms with E-state index in [4.69, 9.17) is 16.2 Å². The van der Waals surface area contributed by atoms with E-state index >= 15 is 0 Å². The maximum Gasteiger partial charge on any atom is 0.123 e. The topological polar surface area (TPSA) is 61.3 Å². The Hall–Kier alpha value is -1.06. The molecular weight excluding hydrogens is 200 g/mol. The van der Waals surface area contributed by atoms with E-state index in [1.807, 2.05) is 38.1 Å². The van der Waals surface area contributed by atoms with Gasteiger partial charge in [0, 0.05) is 17.1 Å². The second-order valence-electron chi connectivity index (χ2n) is 4.88. The Bertz CT molecular complexity index is 331. The molecule has 0 saturated heterocycles. The Labute approximate surface area is 97.8 Å². The van der Waals surface area contributed by atoms with Crippen LogP contribution in [-0.4, -0.2) is 12.6 Å². The summed E-state index contributed by atoms with van der Waals surface area (Å²) in [6.07, 6.45) is 1.76. The third-order valence-electron chi connectivity index (χ3n) is 2.64. The molecule has 3 nitrogen and oxygen atoms in total. The standard InChI is InChI=1S/C13H22N2O/c1-13(2,15)9-8-11(14)10-6-4-5-7-12(10)16-3/h4-7,11H,8-9,14-15H2,1-3H3. The summed E-state index contributed by atoms with van der Waals surface area (Å²) >= 11 is 0. The summed E-state index contributed by atoms with van der Waals surface area (Å²) in [6.45, 7) is 4.03. The van der Waals surface area contributed by atoms with E-state index < -0.39 is 0 Å². The van der Waals surface area contributed by atoms with Crippen molar-refractivity contribution in [2.45, 2.75) is 38.3 Å². The molecule has 1 aromatic carbocycles. The van der Waals surface area contributed by atoms with Gasteiger partial charge in [0.2, 0.25) is 0 Å². The van der Waals surface area contributed by atoms with Gasteiger partial charge in [-0.25, -0.2) is 0 Å². The molecule has 90 valence electrons. The number of benzene rings is 1. The lowest BCUT2D eigenvalue weighted by Crippen LogP contribution is -2.32.